The molecule has 0 aromatic rings. The van der Waals surface area contributed by atoms with Crippen molar-refractivity contribution in [2.45, 2.75) is 90.2 Å². The van der Waals surface area contributed by atoms with Gasteiger partial charge in [-0.1, -0.05) is 27.7 Å². The lowest BCUT2D eigenvalue weighted by atomic mass is 10.1. The van der Waals surface area contributed by atoms with Gasteiger partial charge in [-0.05, 0) is 44.3 Å². The maximum absolute atomic E-state index is 6.26. The number of hydrogen-bond acceptors (Lipinski definition) is 4. The van der Waals surface area contributed by atoms with Crippen molar-refractivity contribution in [1.29, 1.82) is 0 Å². The van der Waals surface area contributed by atoms with E-state index >= 15 is 0 Å². The summed E-state index contributed by atoms with van der Waals surface area (Å²) < 4.78 is 24.4. The third kappa shape index (κ3) is 3.93. The fraction of sp³-hybridized carbons (Fsp3) is 1.00. The molecule has 0 spiro atoms. The van der Waals surface area contributed by atoms with Crippen molar-refractivity contribution in [2.24, 2.45) is 5.92 Å². The Kier molecular flexibility index (Phi) is 6.11. The molecule has 2 aliphatic rings. The Balaban J connectivity index is 1.78. The zero-order chi connectivity index (χ0) is 16.4. The van der Waals surface area contributed by atoms with Crippen LogP contribution >= 0.6 is 0 Å². The second kappa shape index (κ2) is 7.30. The molecule has 0 aromatic carbocycles. The van der Waals surface area contributed by atoms with Gasteiger partial charge >= 0.3 is 0 Å². The predicted octanol–water partition coefficient (Wildman–Crippen LogP) is 3.95. The summed E-state index contributed by atoms with van der Waals surface area (Å²) in [6.07, 6.45) is 1.42. The highest BCUT2D eigenvalue weighted by molar-refractivity contribution is 6.73. The fourth-order valence-electron chi connectivity index (χ4n) is 3.86. The summed E-state index contributed by atoms with van der Waals surface area (Å²) in [6.45, 7) is 14.4. The molecule has 1 saturated heterocycles. The molecular weight excluding hydrogens is 296 g/mol. The molecule has 0 amide bonds. The van der Waals surface area contributed by atoms with Gasteiger partial charge < -0.3 is 18.6 Å². The zero-order valence-corrected chi connectivity index (χ0v) is 16.2. The third-order valence-corrected chi connectivity index (χ3v) is 10.1. The Morgan fingerprint density at radius 3 is 2.18 bits per heavy atom. The number of ether oxygens (including phenoxy) is 3. The Morgan fingerprint density at radius 2 is 1.59 bits per heavy atom. The van der Waals surface area contributed by atoms with Crippen LogP contribution < -0.4 is 0 Å². The van der Waals surface area contributed by atoms with Crippen molar-refractivity contribution in [2.75, 3.05) is 13.2 Å². The van der Waals surface area contributed by atoms with E-state index in [1.807, 2.05) is 13.8 Å². The number of fused-ring (bicyclic) bond motifs is 1. The van der Waals surface area contributed by atoms with Crippen LogP contribution in [-0.4, -0.2) is 45.6 Å². The van der Waals surface area contributed by atoms with Crippen LogP contribution in [0.3, 0.4) is 0 Å². The lowest BCUT2D eigenvalue weighted by Gasteiger charge is -2.28. The average Bonchev–Trinajstić information content (AvgIpc) is 2.95. The Bertz CT molecular complexity index is 348. The minimum absolute atomic E-state index is 0.0792. The second-order valence-corrected chi connectivity index (χ2v) is 12.1. The summed E-state index contributed by atoms with van der Waals surface area (Å²) >= 11 is 0. The Labute approximate surface area is 137 Å². The van der Waals surface area contributed by atoms with E-state index in [1.165, 1.54) is 18.1 Å². The molecule has 0 aromatic heterocycles. The summed E-state index contributed by atoms with van der Waals surface area (Å²) in [7, 11) is -1.49. The first-order valence-corrected chi connectivity index (χ1v) is 11.5. The normalized spacial score (nSPS) is 34.1. The molecule has 1 heterocycles. The first-order valence-electron chi connectivity index (χ1n) is 8.97. The van der Waals surface area contributed by atoms with E-state index in [1.54, 1.807) is 0 Å². The molecule has 4 nitrogen and oxygen atoms in total. The van der Waals surface area contributed by atoms with Crippen molar-refractivity contribution in [3.63, 3.8) is 0 Å². The standard InChI is InChI=1S/C17H34O4Si/c1-7-22(8-2,9-3)19-11-10-18-14-12-13(4)15-16(14)21-17(5,6)20-15/h13-16H,7-12H2,1-6H3/t13-,14+,15+,16-/m1/s1. The molecule has 4 atom stereocenters. The number of rotatable bonds is 8. The van der Waals surface area contributed by atoms with Crippen LogP contribution in [-0.2, 0) is 18.6 Å². The largest absolute Gasteiger partial charge is 0.414 e. The quantitative estimate of drug-likeness (QED) is 0.499. The van der Waals surface area contributed by atoms with E-state index in [0.29, 0.717) is 19.1 Å². The predicted molar refractivity (Wildman–Crippen MR) is 90.5 cm³/mol. The van der Waals surface area contributed by atoms with Crippen LogP contribution in [0.4, 0.5) is 0 Å². The zero-order valence-electron chi connectivity index (χ0n) is 15.2. The summed E-state index contributed by atoms with van der Waals surface area (Å²) in [5.74, 6) is 0.0182. The van der Waals surface area contributed by atoms with Crippen LogP contribution in [0.15, 0.2) is 0 Å². The molecule has 5 heteroatoms. The van der Waals surface area contributed by atoms with Crippen molar-refractivity contribution in [3.05, 3.63) is 0 Å². The fourth-order valence-corrected chi connectivity index (χ4v) is 6.48. The smallest absolute Gasteiger partial charge is 0.192 e. The third-order valence-electron chi connectivity index (χ3n) is 5.45. The van der Waals surface area contributed by atoms with Crippen LogP contribution in [0.1, 0.15) is 48.0 Å². The molecule has 1 aliphatic carbocycles. The average molecular weight is 331 g/mol. The lowest BCUT2D eigenvalue weighted by molar-refractivity contribution is -0.170. The first kappa shape index (κ1) is 18.4. The van der Waals surface area contributed by atoms with Gasteiger partial charge in [-0.15, -0.1) is 0 Å². The molecule has 2 fully saturated rings. The van der Waals surface area contributed by atoms with Gasteiger partial charge in [-0.3, -0.25) is 0 Å². The van der Waals surface area contributed by atoms with Gasteiger partial charge in [0.25, 0.3) is 0 Å². The van der Waals surface area contributed by atoms with Gasteiger partial charge in [-0.25, -0.2) is 0 Å². The van der Waals surface area contributed by atoms with Gasteiger partial charge in [0.2, 0.25) is 0 Å². The second-order valence-electron chi connectivity index (χ2n) is 7.28. The summed E-state index contributed by atoms with van der Waals surface area (Å²) in [4.78, 5) is 0. The van der Waals surface area contributed by atoms with E-state index in [4.69, 9.17) is 18.6 Å². The van der Waals surface area contributed by atoms with Crippen LogP contribution in [0.25, 0.3) is 0 Å². The monoisotopic (exact) mass is 330 g/mol. The highest BCUT2D eigenvalue weighted by Crippen LogP contribution is 2.42. The molecule has 2 rings (SSSR count). The maximum atomic E-state index is 6.26. The minimum Gasteiger partial charge on any atom is -0.414 e. The SMILES string of the molecule is CC[Si](CC)(CC)OCCO[C@H]1C[C@@H](C)[C@@H]2OC(C)(C)O[C@@H]21. The van der Waals surface area contributed by atoms with E-state index < -0.39 is 14.1 Å². The molecule has 22 heavy (non-hydrogen) atoms. The molecule has 0 unspecified atom stereocenters. The Morgan fingerprint density at radius 1 is 1.00 bits per heavy atom. The van der Waals surface area contributed by atoms with Crippen LogP contribution in [0.2, 0.25) is 18.1 Å². The van der Waals surface area contributed by atoms with E-state index in [-0.39, 0.29) is 18.3 Å². The molecule has 130 valence electrons. The highest BCUT2D eigenvalue weighted by atomic mass is 28.4. The molecule has 0 bridgehead atoms. The van der Waals surface area contributed by atoms with Gasteiger partial charge in [0.05, 0.1) is 25.4 Å². The topological polar surface area (TPSA) is 36.9 Å². The first-order chi connectivity index (χ1) is 10.4. The Hall–Kier alpha value is 0.0569. The summed E-state index contributed by atoms with van der Waals surface area (Å²) in [5, 5.41) is 0. The van der Waals surface area contributed by atoms with Crippen molar-refractivity contribution in [1.82, 2.24) is 0 Å². The molecule has 1 aliphatic heterocycles. The van der Waals surface area contributed by atoms with Crippen molar-refractivity contribution >= 4 is 8.32 Å². The molecule has 0 N–H and O–H groups in total. The van der Waals surface area contributed by atoms with Gasteiger partial charge in [0, 0.05) is 0 Å². The van der Waals surface area contributed by atoms with Gasteiger partial charge in [0.1, 0.15) is 6.10 Å². The number of hydrogen-bond donors (Lipinski definition) is 0. The van der Waals surface area contributed by atoms with Crippen LogP contribution in [0, 0.1) is 5.92 Å². The minimum atomic E-state index is -1.49. The van der Waals surface area contributed by atoms with Crippen molar-refractivity contribution in [3.8, 4) is 0 Å². The molecular formula is C17H34O4Si. The maximum Gasteiger partial charge on any atom is 0.192 e. The highest BCUT2D eigenvalue weighted by Gasteiger charge is 2.52. The van der Waals surface area contributed by atoms with E-state index in [0.717, 1.165) is 6.42 Å². The summed E-state index contributed by atoms with van der Waals surface area (Å²) in [5.41, 5.74) is 0. The van der Waals surface area contributed by atoms with Crippen LogP contribution in [0.5, 0.6) is 0 Å². The lowest BCUT2D eigenvalue weighted by Crippen LogP contribution is -2.38. The van der Waals surface area contributed by atoms with Crippen molar-refractivity contribution < 1.29 is 18.6 Å². The summed E-state index contributed by atoms with van der Waals surface area (Å²) in [6, 6.07) is 3.57. The van der Waals surface area contributed by atoms with E-state index in [9.17, 15) is 0 Å². The molecule has 0 radical (unpaired) electrons. The molecule has 1 saturated carbocycles. The van der Waals surface area contributed by atoms with E-state index in [2.05, 4.69) is 27.7 Å². The van der Waals surface area contributed by atoms with Gasteiger partial charge in [-0.2, -0.15) is 0 Å². The van der Waals surface area contributed by atoms with Gasteiger partial charge in [0.15, 0.2) is 14.1 Å².